The Hall–Kier alpha value is -2.10. The van der Waals surface area contributed by atoms with Crippen LogP contribution < -0.4 is 4.74 Å². The molecule has 4 nitrogen and oxygen atoms in total. The van der Waals surface area contributed by atoms with E-state index in [9.17, 15) is 14.7 Å². The highest BCUT2D eigenvalue weighted by molar-refractivity contribution is 6.06. The van der Waals surface area contributed by atoms with Crippen LogP contribution in [-0.4, -0.2) is 23.8 Å². The Morgan fingerprint density at radius 2 is 2.05 bits per heavy atom. The molecule has 0 aliphatic heterocycles. The summed E-state index contributed by atoms with van der Waals surface area (Å²) < 4.78 is 4.99. The third-order valence-corrected chi connectivity index (χ3v) is 3.10. The molecule has 1 aromatic carbocycles. The molecule has 0 radical (unpaired) electrons. The quantitative estimate of drug-likeness (QED) is 0.429. The van der Waals surface area contributed by atoms with Crippen molar-refractivity contribution in [3.8, 4) is 11.5 Å². The molecule has 0 amide bonds. The molecule has 21 heavy (non-hydrogen) atoms. The topological polar surface area (TPSA) is 63.6 Å². The maximum Gasteiger partial charge on any atom is 0.163 e. The van der Waals surface area contributed by atoms with E-state index in [-0.39, 0.29) is 23.7 Å². The zero-order valence-electron chi connectivity index (χ0n) is 12.6. The third-order valence-electron chi connectivity index (χ3n) is 3.10. The Kier molecular flexibility index (Phi) is 7.23. The molecule has 4 heteroatoms. The van der Waals surface area contributed by atoms with E-state index >= 15 is 0 Å². The molecule has 0 fully saturated rings. The van der Waals surface area contributed by atoms with Crippen LogP contribution in [0.5, 0.6) is 11.5 Å². The van der Waals surface area contributed by atoms with Crippen LogP contribution in [0, 0.1) is 0 Å². The van der Waals surface area contributed by atoms with Gasteiger partial charge in [0.1, 0.15) is 5.78 Å². The van der Waals surface area contributed by atoms with Crippen LogP contribution in [0.1, 0.15) is 44.6 Å². The first-order valence-electron chi connectivity index (χ1n) is 7.16. The first-order valence-corrected chi connectivity index (χ1v) is 7.16. The second-order valence-electron chi connectivity index (χ2n) is 4.90. The summed E-state index contributed by atoms with van der Waals surface area (Å²) >= 11 is 0. The van der Waals surface area contributed by atoms with Crippen molar-refractivity contribution >= 4 is 17.6 Å². The van der Waals surface area contributed by atoms with Crippen molar-refractivity contribution in [2.45, 2.75) is 39.0 Å². The zero-order chi connectivity index (χ0) is 15.7. The Morgan fingerprint density at radius 3 is 2.71 bits per heavy atom. The lowest BCUT2D eigenvalue weighted by molar-refractivity contribution is -0.124. The monoisotopic (exact) mass is 290 g/mol. The molecule has 0 atom stereocenters. The summed E-state index contributed by atoms with van der Waals surface area (Å²) in [6, 6.07) is 4.80. The number of Topliss-reactive ketones (excluding diaryl/α,β-unsaturated/α-hetero) is 1. The van der Waals surface area contributed by atoms with Crippen molar-refractivity contribution in [1.82, 2.24) is 0 Å². The number of benzene rings is 1. The van der Waals surface area contributed by atoms with E-state index in [1.165, 1.54) is 19.3 Å². The summed E-state index contributed by atoms with van der Waals surface area (Å²) in [7, 11) is 1.46. The van der Waals surface area contributed by atoms with Crippen LogP contribution in [0.4, 0.5) is 0 Å². The lowest BCUT2D eigenvalue weighted by Crippen LogP contribution is -2.04. The van der Waals surface area contributed by atoms with E-state index in [2.05, 4.69) is 6.92 Å². The fraction of sp³-hybridized carbons (Fsp3) is 0.412. The number of ether oxygens (including phenoxy) is 1. The second-order valence-corrected chi connectivity index (χ2v) is 4.90. The van der Waals surface area contributed by atoms with Gasteiger partial charge < -0.3 is 9.84 Å². The number of hydrogen-bond donors (Lipinski definition) is 1. The Morgan fingerprint density at radius 1 is 1.29 bits per heavy atom. The number of ketones is 2. The minimum atomic E-state index is -0.205. The number of hydrogen-bond acceptors (Lipinski definition) is 4. The normalized spacial score (nSPS) is 10.8. The Bertz CT molecular complexity index is 518. The molecule has 0 heterocycles. The number of unbranched alkanes of at least 4 members (excludes halogenated alkanes) is 2. The maximum absolute atomic E-state index is 11.7. The highest BCUT2D eigenvalue weighted by Gasteiger charge is 2.07. The summed E-state index contributed by atoms with van der Waals surface area (Å²) in [6.07, 6.45) is 6.36. The molecule has 1 aromatic rings. The predicted molar refractivity (Wildman–Crippen MR) is 82.5 cm³/mol. The van der Waals surface area contributed by atoms with Crippen molar-refractivity contribution < 1.29 is 19.4 Å². The average Bonchev–Trinajstić information content (AvgIpc) is 2.46. The zero-order valence-corrected chi connectivity index (χ0v) is 12.6. The smallest absolute Gasteiger partial charge is 0.163 e. The summed E-state index contributed by atoms with van der Waals surface area (Å²) in [5.74, 6) is 0.178. The van der Waals surface area contributed by atoms with Crippen LogP contribution in [0.3, 0.4) is 0 Å². The second kappa shape index (κ2) is 8.95. The van der Waals surface area contributed by atoms with Gasteiger partial charge in [0.05, 0.1) is 13.5 Å². The number of phenols is 1. The molecule has 0 spiro atoms. The first-order chi connectivity index (χ1) is 10.1. The lowest BCUT2D eigenvalue weighted by atomic mass is 10.1. The van der Waals surface area contributed by atoms with Gasteiger partial charge in [-0.15, -0.1) is 0 Å². The highest BCUT2D eigenvalue weighted by atomic mass is 16.5. The van der Waals surface area contributed by atoms with E-state index in [0.29, 0.717) is 12.2 Å². The van der Waals surface area contributed by atoms with E-state index in [4.69, 9.17) is 4.74 Å². The molecule has 0 aliphatic rings. The molecule has 0 saturated carbocycles. The lowest BCUT2D eigenvalue weighted by Gasteiger charge is -2.03. The van der Waals surface area contributed by atoms with Crippen LogP contribution >= 0.6 is 0 Å². The Balaban J connectivity index is 2.52. The van der Waals surface area contributed by atoms with E-state index in [1.807, 2.05) is 0 Å². The number of aromatic hydroxyl groups is 1. The van der Waals surface area contributed by atoms with Gasteiger partial charge in [-0.05, 0) is 30.2 Å². The van der Waals surface area contributed by atoms with Gasteiger partial charge in [-0.1, -0.05) is 31.9 Å². The molecule has 0 saturated heterocycles. The number of carbonyl (C=O) groups is 2. The number of methoxy groups -OCH3 is 1. The summed E-state index contributed by atoms with van der Waals surface area (Å²) in [6.45, 7) is 2.07. The van der Waals surface area contributed by atoms with E-state index in [1.54, 1.807) is 18.2 Å². The van der Waals surface area contributed by atoms with Crippen molar-refractivity contribution in [2.24, 2.45) is 0 Å². The molecule has 1 rings (SSSR count). The molecule has 0 aromatic heterocycles. The third kappa shape index (κ3) is 6.25. The SMILES string of the molecule is CCCCCC(=O)CC(=O)/C=C/c1ccc(O)c(OC)c1. The van der Waals surface area contributed by atoms with Crippen LogP contribution in [0.15, 0.2) is 24.3 Å². The fourth-order valence-corrected chi connectivity index (χ4v) is 1.90. The molecular formula is C17H22O4. The molecule has 114 valence electrons. The van der Waals surface area contributed by atoms with Crippen molar-refractivity contribution in [3.63, 3.8) is 0 Å². The summed E-state index contributed by atoms with van der Waals surface area (Å²) in [5.41, 5.74) is 0.733. The molecular weight excluding hydrogens is 268 g/mol. The highest BCUT2D eigenvalue weighted by Crippen LogP contribution is 2.26. The number of rotatable bonds is 9. The summed E-state index contributed by atoms with van der Waals surface area (Å²) in [5, 5.41) is 9.47. The standard InChI is InChI=1S/C17H22O4/c1-3-4-5-6-14(18)12-15(19)9-7-13-8-10-16(20)17(11-13)21-2/h7-11,20H,3-6,12H2,1-2H3/b9-7+. The van der Waals surface area contributed by atoms with Gasteiger partial charge in [0.2, 0.25) is 0 Å². The van der Waals surface area contributed by atoms with Gasteiger partial charge in [0, 0.05) is 6.42 Å². The van der Waals surface area contributed by atoms with Crippen molar-refractivity contribution in [2.75, 3.05) is 7.11 Å². The minimum absolute atomic E-state index is 0.0126. The average molecular weight is 290 g/mol. The van der Waals surface area contributed by atoms with Gasteiger partial charge in [0.25, 0.3) is 0 Å². The molecule has 0 unspecified atom stereocenters. The van der Waals surface area contributed by atoms with Crippen molar-refractivity contribution in [3.05, 3.63) is 29.8 Å². The van der Waals surface area contributed by atoms with Gasteiger partial charge in [0.15, 0.2) is 17.3 Å². The minimum Gasteiger partial charge on any atom is -0.504 e. The van der Waals surface area contributed by atoms with Crippen molar-refractivity contribution in [1.29, 1.82) is 0 Å². The fourth-order valence-electron chi connectivity index (χ4n) is 1.90. The predicted octanol–water partition coefficient (Wildman–Crippen LogP) is 3.52. The molecule has 0 aliphatic carbocycles. The van der Waals surface area contributed by atoms with Gasteiger partial charge in [-0.2, -0.15) is 0 Å². The van der Waals surface area contributed by atoms with Crippen LogP contribution in [0.2, 0.25) is 0 Å². The molecule has 0 bridgehead atoms. The van der Waals surface area contributed by atoms with Crippen LogP contribution in [-0.2, 0) is 9.59 Å². The first kappa shape index (κ1) is 17.0. The van der Waals surface area contributed by atoms with Gasteiger partial charge in [-0.25, -0.2) is 0 Å². The number of phenolic OH excluding ortho intramolecular Hbond substituents is 1. The largest absolute Gasteiger partial charge is 0.504 e. The summed E-state index contributed by atoms with van der Waals surface area (Å²) in [4.78, 5) is 23.3. The number of allylic oxidation sites excluding steroid dienone is 1. The number of carbonyl (C=O) groups excluding carboxylic acids is 2. The molecule has 1 N–H and O–H groups in total. The Labute approximate surface area is 125 Å². The van der Waals surface area contributed by atoms with Gasteiger partial charge in [-0.3, -0.25) is 9.59 Å². The van der Waals surface area contributed by atoms with Crippen LogP contribution in [0.25, 0.3) is 6.08 Å². The van der Waals surface area contributed by atoms with E-state index < -0.39 is 0 Å². The van der Waals surface area contributed by atoms with Gasteiger partial charge >= 0.3 is 0 Å². The maximum atomic E-state index is 11.7. The van der Waals surface area contributed by atoms with E-state index in [0.717, 1.165) is 24.8 Å².